The van der Waals surface area contributed by atoms with Crippen LogP contribution >= 0.6 is 0 Å². The summed E-state index contributed by atoms with van der Waals surface area (Å²) < 4.78 is 16.8. The Balaban J connectivity index is 4.51. The van der Waals surface area contributed by atoms with Gasteiger partial charge in [-0.25, -0.2) is 0 Å². The van der Waals surface area contributed by atoms with Crippen molar-refractivity contribution >= 4 is 17.9 Å². The van der Waals surface area contributed by atoms with Crippen molar-refractivity contribution in [2.45, 2.75) is 219 Å². The van der Waals surface area contributed by atoms with Gasteiger partial charge in [0.15, 0.2) is 6.10 Å². The molecule has 0 saturated carbocycles. The highest BCUT2D eigenvalue weighted by atomic mass is 16.6. The molecule has 0 aliphatic carbocycles. The summed E-state index contributed by atoms with van der Waals surface area (Å²) in [5, 5.41) is 0. The number of hydrogen-bond donors (Lipinski definition) is 0. The summed E-state index contributed by atoms with van der Waals surface area (Å²) in [6, 6.07) is 0. The van der Waals surface area contributed by atoms with Crippen molar-refractivity contribution in [1.29, 1.82) is 0 Å². The largest absolute Gasteiger partial charge is 0.462 e. The van der Waals surface area contributed by atoms with Gasteiger partial charge in [-0.1, -0.05) is 234 Å². The molecule has 0 N–H and O–H groups in total. The number of allylic oxidation sites excluding steroid dienone is 32. The molecule has 0 aromatic heterocycles. The van der Waals surface area contributed by atoms with Crippen LogP contribution in [0.5, 0.6) is 0 Å². The van der Waals surface area contributed by atoms with Gasteiger partial charge in [-0.2, -0.15) is 0 Å². The molecule has 0 spiro atoms. The molecule has 0 aliphatic rings. The van der Waals surface area contributed by atoms with E-state index in [1.54, 1.807) is 0 Å². The van der Waals surface area contributed by atoms with Crippen LogP contribution in [0.3, 0.4) is 0 Å². The van der Waals surface area contributed by atoms with Crippen LogP contribution in [0, 0.1) is 0 Å². The maximum Gasteiger partial charge on any atom is 0.306 e. The Bertz CT molecular complexity index is 1880. The molecule has 1 unspecified atom stereocenters. The van der Waals surface area contributed by atoms with Gasteiger partial charge in [-0.3, -0.25) is 14.4 Å². The Kier molecular flexibility index (Phi) is 58.1. The molecule has 0 amide bonds. The quantitative estimate of drug-likeness (QED) is 0.0261. The average molecular weight is 1060 g/mol. The molecule has 0 aromatic rings. The Morgan fingerprint density at radius 2 is 0.481 bits per heavy atom. The Morgan fingerprint density at radius 1 is 0.260 bits per heavy atom. The summed E-state index contributed by atoms with van der Waals surface area (Å²) in [5.41, 5.74) is 0. The van der Waals surface area contributed by atoms with Crippen molar-refractivity contribution in [3.05, 3.63) is 194 Å². The van der Waals surface area contributed by atoms with Crippen LogP contribution in [0.4, 0.5) is 0 Å². The number of ether oxygens (including phenoxy) is 3. The predicted molar refractivity (Wildman–Crippen MR) is 334 cm³/mol. The fraction of sp³-hybridized carbons (Fsp3) is 0.507. The van der Waals surface area contributed by atoms with Crippen molar-refractivity contribution in [3.8, 4) is 0 Å². The number of carbonyl (C=O) groups is 3. The lowest BCUT2D eigenvalue weighted by Crippen LogP contribution is -2.30. The maximum atomic E-state index is 12.8. The predicted octanol–water partition coefficient (Wildman–Crippen LogP) is 20.6. The number of esters is 3. The first kappa shape index (κ1) is 71.2. The molecule has 0 aliphatic heterocycles. The average Bonchev–Trinajstić information content (AvgIpc) is 3.43. The van der Waals surface area contributed by atoms with Gasteiger partial charge in [0.2, 0.25) is 0 Å². The maximum absolute atomic E-state index is 12.8. The second-order valence-electron chi connectivity index (χ2n) is 18.8. The van der Waals surface area contributed by atoms with E-state index >= 15 is 0 Å². The summed E-state index contributed by atoms with van der Waals surface area (Å²) in [4.78, 5) is 38.2. The van der Waals surface area contributed by atoms with E-state index in [4.69, 9.17) is 14.2 Å². The Labute approximate surface area is 471 Å². The minimum absolute atomic E-state index is 0.135. The van der Waals surface area contributed by atoms with Gasteiger partial charge < -0.3 is 14.2 Å². The topological polar surface area (TPSA) is 78.9 Å². The zero-order chi connectivity index (χ0) is 55.7. The number of rotatable bonds is 51. The molecule has 6 nitrogen and oxygen atoms in total. The monoisotopic (exact) mass is 1050 g/mol. The summed E-state index contributed by atoms with van der Waals surface area (Å²) in [6.45, 7) is 6.17. The molecule has 0 saturated heterocycles. The van der Waals surface area contributed by atoms with Crippen LogP contribution in [0.2, 0.25) is 0 Å². The zero-order valence-corrected chi connectivity index (χ0v) is 48.6. The molecule has 1 atom stereocenters. The molecule has 0 fully saturated rings. The van der Waals surface area contributed by atoms with E-state index in [0.717, 1.165) is 167 Å². The minimum Gasteiger partial charge on any atom is -0.462 e. The van der Waals surface area contributed by atoms with E-state index in [2.05, 4.69) is 215 Å². The number of hydrogen-bond acceptors (Lipinski definition) is 6. The minimum atomic E-state index is -0.843. The number of carbonyl (C=O) groups excluding carboxylic acids is 3. The summed E-state index contributed by atoms with van der Waals surface area (Å²) in [5.74, 6) is -1.06. The van der Waals surface area contributed by atoms with Gasteiger partial charge in [0.05, 0.1) is 0 Å². The second kappa shape index (κ2) is 62.8. The summed E-state index contributed by atoms with van der Waals surface area (Å²) >= 11 is 0. The van der Waals surface area contributed by atoms with E-state index < -0.39 is 12.1 Å². The van der Waals surface area contributed by atoms with E-state index in [0.29, 0.717) is 19.3 Å². The van der Waals surface area contributed by atoms with Crippen molar-refractivity contribution in [3.63, 3.8) is 0 Å². The van der Waals surface area contributed by atoms with Crippen LogP contribution < -0.4 is 0 Å². The lowest BCUT2D eigenvalue weighted by atomic mass is 10.1. The highest BCUT2D eigenvalue weighted by molar-refractivity contribution is 5.71. The van der Waals surface area contributed by atoms with Crippen LogP contribution in [0.25, 0.3) is 0 Å². The number of unbranched alkanes of at least 4 members (excludes halogenated alkanes) is 8. The molecule has 0 aromatic carbocycles. The van der Waals surface area contributed by atoms with E-state index in [9.17, 15) is 14.4 Å². The van der Waals surface area contributed by atoms with Gasteiger partial charge in [0, 0.05) is 19.3 Å². The first-order valence-corrected chi connectivity index (χ1v) is 29.9. The zero-order valence-electron chi connectivity index (χ0n) is 48.6. The van der Waals surface area contributed by atoms with E-state index in [-0.39, 0.29) is 31.6 Å². The Morgan fingerprint density at radius 3 is 0.766 bits per heavy atom. The molecule has 0 rings (SSSR count). The lowest BCUT2D eigenvalue weighted by molar-refractivity contribution is -0.167. The smallest absolute Gasteiger partial charge is 0.306 e. The molecule has 0 bridgehead atoms. The summed E-state index contributed by atoms with van der Waals surface area (Å²) in [7, 11) is 0. The van der Waals surface area contributed by atoms with Gasteiger partial charge in [0.1, 0.15) is 13.2 Å². The third kappa shape index (κ3) is 61.0. The third-order valence-electron chi connectivity index (χ3n) is 11.6. The first-order valence-electron chi connectivity index (χ1n) is 29.9. The second-order valence-corrected chi connectivity index (χ2v) is 18.8. The van der Waals surface area contributed by atoms with Crippen molar-refractivity contribution in [2.75, 3.05) is 13.2 Å². The fourth-order valence-corrected chi connectivity index (χ4v) is 7.21. The highest BCUT2D eigenvalue weighted by Gasteiger charge is 2.19. The molecule has 6 heteroatoms. The first-order chi connectivity index (χ1) is 38.0. The van der Waals surface area contributed by atoms with E-state index in [1.807, 2.05) is 0 Å². The summed E-state index contributed by atoms with van der Waals surface area (Å²) in [6.07, 6.45) is 95.8. The van der Waals surface area contributed by atoms with Crippen molar-refractivity contribution in [2.24, 2.45) is 0 Å². The molecule has 0 radical (unpaired) electrons. The normalized spacial score (nSPS) is 13.5. The SMILES string of the molecule is CC/C=C\C/C=C\C/C=C\C/C=C\C/C=C\C/C=C\C/C=C\C/C=C\CCCCCCC(=O)OCC(COC(=O)CCCCC/C=C\C/C=C\C/C=C\CC)OC(=O)CCC/C=C\C/C=C\C/C=C\C/C=C\C/C=C\CC. The Hall–Kier alpha value is -5.75. The van der Waals surface area contributed by atoms with Crippen LogP contribution in [-0.4, -0.2) is 37.2 Å². The van der Waals surface area contributed by atoms with Crippen LogP contribution in [0.15, 0.2) is 194 Å². The molecular formula is C71H106O6. The van der Waals surface area contributed by atoms with Gasteiger partial charge >= 0.3 is 17.9 Å². The van der Waals surface area contributed by atoms with Crippen molar-refractivity contribution in [1.82, 2.24) is 0 Å². The highest BCUT2D eigenvalue weighted by Crippen LogP contribution is 2.11. The van der Waals surface area contributed by atoms with Gasteiger partial charge in [0.25, 0.3) is 0 Å². The standard InChI is InChI=1S/C71H106O6/c1-4-7-10-13-16-19-22-25-27-29-30-31-32-33-34-35-36-37-38-39-40-42-43-46-49-52-55-58-61-64-70(73)76-67-68(66-75-69(72)63-60-57-54-51-48-45-24-21-18-15-12-9-6-3)77-71(74)65-62-59-56-53-50-47-44-41-28-26-23-20-17-14-11-8-5-2/h7-12,16-21,25-28,30-31,33-34,36-37,39-40,43-48,53,56,68H,4-6,13-15,22-24,29,32,35,38,41-42,49-52,54-55,57-67H2,1-3H3/b10-7-,11-8-,12-9-,19-16-,20-17-,21-18-,27-25-,28-26-,31-30-,34-33-,37-36-,40-39-,46-43-,47-44-,48-45-,56-53-. The van der Waals surface area contributed by atoms with Gasteiger partial charge in [-0.05, 0) is 154 Å². The molecule has 0 heterocycles. The fourth-order valence-electron chi connectivity index (χ4n) is 7.21. The molecule has 426 valence electrons. The molecular weight excluding hydrogens is 949 g/mol. The third-order valence-corrected chi connectivity index (χ3v) is 11.6. The van der Waals surface area contributed by atoms with Gasteiger partial charge in [-0.15, -0.1) is 0 Å². The van der Waals surface area contributed by atoms with E-state index in [1.165, 1.54) is 0 Å². The van der Waals surface area contributed by atoms with Crippen molar-refractivity contribution < 1.29 is 28.6 Å². The molecule has 77 heavy (non-hydrogen) atoms. The lowest BCUT2D eigenvalue weighted by Gasteiger charge is -2.18. The van der Waals surface area contributed by atoms with Crippen LogP contribution in [-0.2, 0) is 28.6 Å². The van der Waals surface area contributed by atoms with Crippen LogP contribution in [0.1, 0.15) is 213 Å².